The molecule has 2 aromatic heterocycles. The highest BCUT2D eigenvalue weighted by molar-refractivity contribution is 7.99. The molecule has 34 heavy (non-hydrogen) atoms. The minimum Gasteiger partial charge on any atom is -0.495 e. The van der Waals surface area contributed by atoms with E-state index in [1.807, 2.05) is 11.8 Å². The summed E-state index contributed by atoms with van der Waals surface area (Å²) in [5.74, 6) is 3.04. The molecule has 3 aromatic rings. The van der Waals surface area contributed by atoms with Crippen molar-refractivity contribution in [2.24, 2.45) is 12.5 Å². The summed E-state index contributed by atoms with van der Waals surface area (Å²) in [6.45, 7) is 5.95. The van der Waals surface area contributed by atoms with E-state index in [0.29, 0.717) is 5.41 Å². The second-order valence-electron chi connectivity index (χ2n) is 9.58. The van der Waals surface area contributed by atoms with Gasteiger partial charge in [0.2, 0.25) is 0 Å². The van der Waals surface area contributed by atoms with E-state index in [-0.39, 0.29) is 0 Å². The van der Waals surface area contributed by atoms with Crippen LogP contribution in [0.3, 0.4) is 0 Å². The minimum atomic E-state index is 0.542. The molecule has 0 bridgehead atoms. The van der Waals surface area contributed by atoms with Gasteiger partial charge in [0.05, 0.1) is 12.8 Å². The maximum Gasteiger partial charge on any atom is 0.191 e. The summed E-state index contributed by atoms with van der Waals surface area (Å²) in [6.07, 6.45) is 6.47. The van der Waals surface area contributed by atoms with Crippen molar-refractivity contribution in [3.8, 4) is 17.1 Å². The van der Waals surface area contributed by atoms with E-state index in [0.717, 1.165) is 41.1 Å². The van der Waals surface area contributed by atoms with Gasteiger partial charge < -0.3 is 19.1 Å². The zero-order chi connectivity index (χ0) is 23.4. The minimum absolute atomic E-state index is 0.542. The summed E-state index contributed by atoms with van der Waals surface area (Å²) in [4.78, 5) is 5.19. The lowest BCUT2D eigenvalue weighted by Crippen LogP contribution is -2.47. The van der Waals surface area contributed by atoms with Gasteiger partial charge in [0.25, 0.3) is 0 Å². The van der Waals surface area contributed by atoms with Crippen molar-refractivity contribution in [2.45, 2.75) is 37.3 Å². The van der Waals surface area contributed by atoms with Crippen molar-refractivity contribution in [2.75, 3.05) is 50.5 Å². The average Bonchev–Trinajstić information content (AvgIpc) is 3.53. The maximum absolute atomic E-state index is 5.59. The second-order valence-corrected chi connectivity index (χ2v) is 11.4. The van der Waals surface area contributed by atoms with Gasteiger partial charge in [0.1, 0.15) is 5.75 Å². The van der Waals surface area contributed by atoms with Crippen LogP contribution in [0.2, 0.25) is 0 Å². The lowest BCUT2D eigenvalue weighted by atomic mass is 9.71. The van der Waals surface area contributed by atoms with E-state index in [4.69, 9.17) is 4.74 Å². The predicted octanol–water partition coefficient (Wildman–Crippen LogP) is 5.42. The van der Waals surface area contributed by atoms with Crippen LogP contribution in [0.15, 0.2) is 46.2 Å². The van der Waals surface area contributed by atoms with Gasteiger partial charge in [-0.05, 0) is 80.7 Å². The predicted molar refractivity (Wildman–Crippen MR) is 142 cm³/mol. The Morgan fingerprint density at radius 2 is 1.79 bits per heavy atom. The number of thiophene rings is 1. The van der Waals surface area contributed by atoms with E-state index in [1.54, 1.807) is 18.4 Å². The normalized spacial score (nSPS) is 18.5. The third-order valence-corrected chi connectivity index (χ3v) is 9.42. The molecule has 2 aliphatic rings. The summed E-state index contributed by atoms with van der Waals surface area (Å²) in [5.41, 5.74) is 2.95. The van der Waals surface area contributed by atoms with Crippen LogP contribution in [0.5, 0.6) is 5.75 Å². The van der Waals surface area contributed by atoms with Crippen LogP contribution in [0.1, 0.15) is 32.1 Å². The molecule has 2 fully saturated rings. The molecular formula is C26H35N5OS2. The molecule has 6 nitrogen and oxygen atoms in total. The fourth-order valence-electron chi connectivity index (χ4n) is 5.40. The van der Waals surface area contributed by atoms with Gasteiger partial charge >= 0.3 is 0 Å². The quantitative estimate of drug-likeness (QED) is 0.306. The first-order valence-corrected chi connectivity index (χ1v) is 14.3. The van der Waals surface area contributed by atoms with Crippen molar-refractivity contribution in [1.29, 1.82) is 0 Å². The topological polar surface area (TPSA) is 46.4 Å². The molecule has 5 rings (SSSR count). The summed E-state index contributed by atoms with van der Waals surface area (Å²) in [5, 5.41) is 14.0. The van der Waals surface area contributed by atoms with Gasteiger partial charge in [0.15, 0.2) is 11.0 Å². The highest BCUT2D eigenvalue weighted by Crippen LogP contribution is 2.43. The Bertz CT molecular complexity index is 1050. The molecule has 4 heterocycles. The van der Waals surface area contributed by atoms with E-state index in [1.165, 1.54) is 57.4 Å². The molecule has 1 aromatic carbocycles. The number of aromatic nitrogens is 3. The molecule has 0 aliphatic carbocycles. The Labute approximate surface area is 211 Å². The Kier molecular flexibility index (Phi) is 7.46. The van der Waals surface area contributed by atoms with Gasteiger partial charge in [0, 0.05) is 36.8 Å². The van der Waals surface area contributed by atoms with Crippen LogP contribution in [0, 0.1) is 5.41 Å². The number of thioether (sulfide) groups is 1. The molecule has 2 saturated heterocycles. The molecule has 1 spiro atoms. The first-order valence-electron chi connectivity index (χ1n) is 12.3. The standard InChI is InChI=1S/C26H35N5OS2/c1-29-24(21-8-19-33-20-21)27-28-25(29)34-18-5-13-30-14-9-26(10-15-30)11-16-31(17-12-26)22-6-3-4-7-23(22)32-2/h3-4,6-8,19-20H,5,9-18H2,1-2H3. The molecule has 0 unspecified atom stereocenters. The van der Waals surface area contributed by atoms with Crippen LogP contribution < -0.4 is 9.64 Å². The Hall–Kier alpha value is -2.03. The van der Waals surface area contributed by atoms with E-state index < -0.39 is 0 Å². The highest BCUT2D eigenvalue weighted by atomic mass is 32.2. The number of nitrogens with zero attached hydrogens (tertiary/aromatic N) is 5. The summed E-state index contributed by atoms with van der Waals surface area (Å²) < 4.78 is 7.71. The number of piperidine rings is 2. The molecule has 0 radical (unpaired) electrons. The summed E-state index contributed by atoms with van der Waals surface area (Å²) in [7, 11) is 3.84. The smallest absolute Gasteiger partial charge is 0.191 e. The number of benzene rings is 1. The second kappa shape index (κ2) is 10.7. The molecule has 0 N–H and O–H groups in total. The number of ether oxygens (including phenoxy) is 1. The lowest BCUT2D eigenvalue weighted by Gasteiger charge is -2.47. The molecule has 0 amide bonds. The fourth-order valence-corrected chi connectivity index (χ4v) is 6.87. The van der Waals surface area contributed by atoms with Crippen molar-refractivity contribution < 1.29 is 4.74 Å². The van der Waals surface area contributed by atoms with E-state index >= 15 is 0 Å². The van der Waals surface area contributed by atoms with Crippen LogP contribution in [0.25, 0.3) is 11.4 Å². The average molecular weight is 498 g/mol. The fraction of sp³-hybridized carbons (Fsp3) is 0.538. The largest absolute Gasteiger partial charge is 0.495 e. The Morgan fingerprint density at radius 1 is 1.03 bits per heavy atom. The molecule has 8 heteroatoms. The van der Waals surface area contributed by atoms with Crippen LogP contribution in [-0.2, 0) is 7.05 Å². The monoisotopic (exact) mass is 497 g/mol. The van der Waals surface area contributed by atoms with Gasteiger partial charge in [-0.25, -0.2) is 0 Å². The SMILES string of the molecule is COc1ccccc1N1CCC2(CCN(CCCSc3nnc(-c4ccsc4)n3C)CC2)CC1. The molecular weight excluding hydrogens is 462 g/mol. The highest BCUT2D eigenvalue weighted by Gasteiger charge is 2.37. The summed E-state index contributed by atoms with van der Waals surface area (Å²) in [6, 6.07) is 10.5. The van der Waals surface area contributed by atoms with Crippen molar-refractivity contribution in [3.63, 3.8) is 0 Å². The van der Waals surface area contributed by atoms with Crippen molar-refractivity contribution >= 4 is 28.8 Å². The number of methoxy groups -OCH3 is 1. The number of rotatable bonds is 8. The van der Waals surface area contributed by atoms with Crippen LogP contribution in [0.4, 0.5) is 5.69 Å². The van der Waals surface area contributed by atoms with E-state index in [9.17, 15) is 0 Å². The number of anilines is 1. The van der Waals surface area contributed by atoms with Gasteiger partial charge in [-0.2, -0.15) is 11.3 Å². The van der Waals surface area contributed by atoms with Crippen LogP contribution in [-0.4, -0.2) is 65.3 Å². The van der Waals surface area contributed by atoms with Crippen molar-refractivity contribution in [3.05, 3.63) is 41.1 Å². The Morgan fingerprint density at radius 3 is 2.53 bits per heavy atom. The number of hydrogen-bond acceptors (Lipinski definition) is 7. The number of likely N-dealkylation sites (tertiary alicyclic amines) is 1. The summed E-state index contributed by atoms with van der Waals surface area (Å²) >= 11 is 3.52. The zero-order valence-corrected chi connectivity index (χ0v) is 21.9. The zero-order valence-electron chi connectivity index (χ0n) is 20.3. The first kappa shape index (κ1) is 23.7. The molecule has 182 valence electrons. The molecule has 2 aliphatic heterocycles. The van der Waals surface area contributed by atoms with E-state index in [2.05, 4.69) is 72.7 Å². The number of para-hydroxylation sites is 2. The molecule has 0 saturated carbocycles. The van der Waals surface area contributed by atoms with Gasteiger partial charge in [-0.1, -0.05) is 23.9 Å². The number of hydrogen-bond donors (Lipinski definition) is 0. The van der Waals surface area contributed by atoms with Crippen LogP contribution >= 0.6 is 23.1 Å². The van der Waals surface area contributed by atoms with Crippen molar-refractivity contribution in [1.82, 2.24) is 19.7 Å². The molecule has 0 atom stereocenters. The Balaban J connectivity index is 1.04. The maximum atomic E-state index is 5.59. The first-order chi connectivity index (χ1) is 16.7. The third-order valence-electron chi connectivity index (χ3n) is 7.63. The third kappa shape index (κ3) is 5.14. The lowest BCUT2D eigenvalue weighted by molar-refractivity contribution is 0.0801. The van der Waals surface area contributed by atoms with Gasteiger partial charge in [-0.15, -0.1) is 10.2 Å². The van der Waals surface area contributed by atoms with Gasteiger partial charge in [-0.3, -0.25) is 0 Å².